The molecule has 0 spiro atoms. The number of halogens is 1. The van der Waals surface area contributed by atoms with E-state index in [9.17, 15) is 9.18 Å². The molecule has 1 atom stereocenters. The number of ether oxygens (including phenoxy) is 1. The molecule has 178 valence electrons. The van der Waals surface area contributed by atoms with Crippen molar-refractivity contribution in [3.8, 4) is 11.4 Å². The van der Waals surface area contributed by atoms with Crippen LogP contribution in [0.15, 0.2) is 53.7 Å². The smallest absolute Gasteiger partial charge is 0.234 e. The third kappa shape index (κ3) is 5.26. The molecule has 9 heteroatoms. The summed E-state index contributed by atoms with van der Waals surface area (Å²) in [5.41, 5.74) is 2.68. The number of hydrogen-bond donors (Lipinski definition) is 1. The van der Waals surface area contributed by atoms with E-state index in [4.69, 9.17) is 4.74 Å². The predicted octanol–water partition coefficient (Wildman–Crippen LogP) is 4.59. The van der Waals surface area contributed by atoms with Crippen LogP contribution in [0, 0.1) is 5.82 Å². The zero-order valence-corrected chi connectivity index (χ0v) is 19.8. The molecule has 3 aromatic rings. The summed E-state index contributed by atoms with van der Waals surface area (Å²) in [4.78, 5) is 15.2. The van der Waals surface area contributed by atoms with Gasteiger partial charge in [0.2, 0.25) is 5.91 Å². The Hall–Kier alpha value is -2.91. The second kappa shape index (κ2) is 10.6. The first kappa shape index (κ1) is 22.9. The molecule has 2 saturated heterocycles. The van der Waals surface area contributed by atoms with Crippen LogP contribution in [0.2, 0.25) is 0 Å². The highest BCUT2D eigenvalue weighted by Crippen LogP contribution is 2.30. The van der Waals surface area contributed by atoms with E-state index in [1.54, 1.807) is 12.1 Å². The molecule has 1 aromatic heterocycles. The second-order valence-electron chi connectivity index (χ2n) is 8.61. The van der Waals surface area contributed by atoms with Crippen LogP contribution in [-0.4, -0.2) is 52.2 Å². The van der Waals surface area contributed by atoms with Gasteiger partial charge in [-0.05, 0) is 62.1 Å². The zero-order chi connectivity index (χ0) is 23.3. The van der Waals surface area contributed by atoms with Crippen molar-refractivity contribution in [2.75, 3.05) is 35.7 Å². The van der Waals surface area contributed by atoms with Gasteiger partial charge >= 0.3 is 0 Å². The van der Waals surface area contributed by atoms with Crippen LogP contribution < -0.4 is 10.2 Å². The summed E-state index contributed by atoms with van der Waals surface area (Å²) in [5, 5.41) is 12.4. The van der Waals surface area contributed by atoms with Gasteiger partial charge in [-0.15, -0.1) is 10.2 Å². The van der Waals surface area contributed by atoms with Crippen molar-refractivity contribution in [2.45, 2.75) is 43.5 Å². The third-order valence-electron chi connectivity index (χ3n) is 6.19. The number of nitrogens with one attached hydrogen (secondary N) is 1. The quantitative estimate of drug-likeness (QED) is 0.475. The van der Waals surface area contributed by atoms with Crippen LogP contribution in [0.3, 0.4) is 0 Å². The van der Waals surface area contributed by atoms with Gasteiger partial charge in [0.15, 0.2) is 11.0 Å². The molecule has 0 radical (unpaired) electrons. The molecule has 7 nitrogen and oxygen atoms in total. The summed E-state index contributed by atoms with van der Waals surface area (Å²) < 4.78 is 21.3. The Morgan fingerprint density at radius 3 is 2.65 bits per heavy atom. The number of benzene rings is 2. The van der Waals surface area contributed by atoms with E-state index in [0.29, 0.717) is 17.5 Å². The Bertz CT molecular complexity index is 1120. The summed E-state index contributed by atoms with van der Waals surface area (Å²) in [6.07, 6.45) is 4.43. The van der Waals surface area contributed by atoms with E-state index in [1.807, 2.05) is 22.8 Å². The lowest BCUT2D eigenvalue weighted by Gasteiger charge is -2.21. The maximum Gasteiger partial charge on any atom is 0.234 e. The fraction of sp³-hybridized carbons (Fsp3) is 0.400. The van der Waals surface area contributed by atoms with Crippen LogP contribution >= 0.6 is 11.8 Å². The summed E-state index contributed by atoms with van der Waals surface area (Å²) in [7, 11) is 0. The standard InChI is InChI=1S/C25H28FN5O2S/c26-19-11-9-18(10-12-19)24-28-29-25(31(24)16-20-6-5-15-33-20)34-17-23(32)27-21-7-1-2-8-22(21)30-13-3-4-14-30/h1-2,7-12,20H,3-6,13-17H2,(H,27,32). The Labute approximate surface area is 202 Å². The lowest BCUT2D eigenvalue weighted by molar-refractivity contribution is -0.113. The number of para-hydroxylation sites is 2. The molecule has 1 unspecified atom stereocenters. The molecule has 34 heavy (non-hydrogen) atoms. The molecule has 2 fully saturated rings. The van der Waals surface area contributed by atoms with Crippen LogP contribution in [0.4, 0.5) is 15.8 Å². The number of nitrogens with zero attached hydrogens (tertiary/aromatic N) is 4. The van der Waals surface area contributed by atoms with Crippen LogP contribution in [0.5, 0.6) is 0 Å². The van der Waals surface area contributed by atoms with Crippen molar-refractivity contribution in [1.82, 2.24) is 14.8 Å². The van der Waals surface area contributed by atoms with Gasteiger partial charge < -0.3 is 15.0 Å². The minimum atomic E-state index is -0.297. The third-order valence-corrected chi connectivity index (χ3v) is 7.15. The van der Waals surface area contributed by atoms with Gasteiger partial charge in [0.1, 0.15) is 5.82 Å². The molecule has 0 saturated carbocycles. The molecule has 0 aliphatic carbocycles. The Morgan fingerprint density at radius 2 is 1.88 bits per heavy atom. The average molecular weight is 482 g/mol. The lowest BCUT2D eigenvalue weighted by atomic mass is 10.2. The highest BCUT2D eigenvalue weighted by atomic mass is 32.2. The number of aromatic nitrogens is 3. The molecule has 0 bridgehead atoms. The van der Waals surface area contributed by atoms with Crippen molar-refractivity contribution in [1.29, 1.82) is 0 Å². The molecule has 2 aromatic carbocycles. The summed E-state index contributed by atoms with van der Waals surface area (Å²) in [5.74, 6) is 0.473. The van der Waals surface area contributed by atoms with Crippen molar-refractivity contribution < 1.29 is 13.9 Å². The highest BCUT2D eigenvalue weighted by Gasteiger charge is 2.23. The highest BCUT2D eigenvalue weighted by molar-refractivity contribution is 7.99. The minimum absolute atomic E-state index is 0.0794. The normalized spacial score (nSPS) is 17.9. The van der Waals surface area contributed by atoms with Gasteiger partial charge in [0, 0.05) is 25.3 Å². The van der Waals surface area contributed by atoms with E-state index in [-0.39, 0.29) is 23.6 Å². The molecular formula is C25H28FN5O2S. The van der Waals surface area contributed by atoms with E-state index in [0.717, 1.165) is 49.5 Å². The molecule has 2 aliphatic rings. The Balaban J connectivity index is 1.30. The number of carbonyl (C=O) groups excluding carboxylic acids is 1. The molecule has 3 heterocycles. The van der Waals surface area contributed by atoms with Gasteiger partial charge in [0.25, 0.3) is 0 Å². The minimum Gasteiger partial charge on any atom is -0.376 e. The predicted molar refractivity (Wildman–Crippen MR) is 132 cm³/mol. The monoisotopic (exact) mass is 481 g/mol. The van der Waals surface area contributed by atoms with Crippen molar-refractivity contribution in [2.24, 2.45) is 0 Å². The first-order valence-corrected chi connectivity index (χ1v) is 12.7. The Morgan fingerprint density at radius 1 is 1.09 bits per heavy atom. The molecule has 5 rings (SSSR count). The fourth-order valence-electron chi connectivity index (χ4n) is 4.49. The SMILES string of the molecule is O=C(CSc1nnc(-c2ccc(F)cc2)n1CC1CCCO1)Nc1ccccc1N1CCCC1. The number of anilines is 2. The molecular weight excluding hydrogens is 453 g/mol. The van der Waals surface area contributed by atoms with Gasteiger partial charge in [-0.25, -0.2) is 4.39 Å². The van der Waals surface area contributed by atoms with Crippen LogP contribution in [-0.2, 0) is 16.1 Å². The fourth-order valence-corrected chi connectivity index (χ4v) is 5.24. The first-order chi connectivity index (χ1) is 16.7. The first-order valence-electron chi connectivity index (χ1n) is 11.7. The lowest BCUT2D eigenvalue weighted by Crippen LogP contribution is -2.22. The number of amides is 1. The van der Waals surface area contributed by atoms with Gasteiger partial charge in [-0.1, -0.05) is 23.9 Å². The number of rotatable bonds is 8. The van der Waals surface area contributed by atoms with Gasteiger partial charge in [-0.3, -0.25) is 9.36 Å². The topological polar surface area (TPSA) is 72.3 Å². The van der Waals surface area contributed by atoms with Crippen LogP contribution in [0.25, 0.3) is 11.4 Å². The average Bonchev–Trinajstić information content (AvgIpc) is 3.62. The maximum absolute atomic E-state index is 13.4. The van der Waals surface area contributed by atoms with E-state index in [2.05, 4.69) is 26.5 Å². The molecule has 2 aliphatic heterocycles. The van der Waals surface area contributed by atoms with Crippen molar-refractivity contribution >= 4 is 29.0 Å². The van der Waals surface area contributed by atoms with E-state index < -0.39 is 0 Å². The summed E-state index contributed by atoms with van der Waals surface area (Å²) in [6, 6.07) is 14.2. The van der Waals surface area contributed by atoms with Gasteiger partial charge in [-0.2, -0.15) is 0 Å². The molecule has 1 amide bonds. The Kier molecular flexibility index (Phi) is 7.10. The van der Waals surface area contributed by atoms with Gasteiger partial charge in [0.05, 0.1) is 29.8 Å². The number of carbonyl (C=O) groups is 1. The molecule has 1 N–H and O–H groups in total. The zero-order valence-electron chi connectivity index (χ0n) is 19.0. The van der Waals surface area contributed by atoms with Crippen molar-refractivity contribution in [3.05, 3.63) is 54.3 Å². The maximum atomic E-state index is 13.4. The van der Waals surface area contributed by atoms with E-state index >= 15 is 0 Å². The van der Waals surface area contributed by atoms with Crippen molar-refractivity contribution in [3.63, 3.8) is 0 Å². The van der Waals surface area contributed by atoms with E-state index in [1.165, 1.54) is 36.7 Å². The number of hydrogen-bond acceptors (Lipinski definition) is 6. The summed E-state index contributed by atoms with van der Waals surface area (Å²) >= 11 is 1.35. The summed E-state index contributed by atoms with van der Waals surface area (Å²) in [6.45, 7) is 3.38. The largest absolute Gasteiger partial charge is 0.376 e. The number of thioether (sulfide) groups is 1. The van der Waals surface area contributed by atoms with Crippen LogP contribution in [0.1, 0.15) is 25.7 Å². The second-order valence-corrected chi connectivity index (χ2v) is 9.55.